The number of likely N-dealkylation sites (tertiary alicyclic amines) is 1. The van der Waals surface area contributed by atoms with E-state index < -0.39 is 5.82 Å². The lowest BCUT2D eigenvalue weighted by Crippen LogP contribution is -2.31. The fourth-order valence-electron chi connectivity index (χ4n) is 2.99. The molecule has 2 aromatic rings. The van der Waals surface area contributed by atoms with Crippen LogP contribution in [0.15, 0.2) is 22.6 Å². The average Bonchev–Trinajstić information content (AvgIpc) is 3.15. The van der Waals surface area contributed by atoms with E-state index in [-0.39, 0.29) is 18.5 Å². The third-order valence-electron chi connectivity index (χ3n) is 4.36. The van der Waals surface area contributed by atoms with Gasteiger partial charge in [-0.2, -0.15) is 0 Å². The van der Waals surface area contributed by atoms with Crippen molar-refractivity contribution in [2.45, 2.75) is 32.4 Å². The van der Waals surface area contributed by atoms with Gasteiger partial charge in [0.2, 0.25) is 5.89 Å². The molecule has 124 valence electrons. The Hall–Kier alpha value is -1.92. The molecule has 0 saturated carbocycles. The van der Waals surface area contributed by atoms with E-state index in [1.165, 1.54) is 13.2 Å². The van der Waals surface area contributed by atoms with Crippen molar-refractivity contribution in [3.63, 3.8) is 0 Å². The summed E-state index contributed by atoms with van der Waals surface area (Å²) >= 11 is 0. The zero-order chi connectivity index (χ0) is 16.4. The number of aromatic nitrogens is 1. The van der Waals surface area contributed by atoms with Crippen LogP contribution >= 0.6 is 0 Å². The molecule has 23 heavy (non-hydrogen) atoms. The standard InChI is InChI=1S/C17H21FN2O3/c1-11-16(9-20-7-3-4-12(20)10-21)19-17(23-11)14-8-13(22-2)5-6-15(14)18/h5-6,8,12,21H,3-4,7,9-10H2,1-2H3/t12-/m0/s1. The Morgan fingerprint density at radius 2 is 2.30 bits per heavy atom. The number of benzene rings is 1. The molecule has 1 aliphatic rings. The highest BCUT2D eigenvalue weighted by molar-refractivity contribution is 5.57. The van der Waals surface area contributed by atoms with Crippen LogP contribution in [0.25, 0.3) is 11.5 Å². The third-order valence-corrected chi connectivity index (χ3v) is 4.36. The Balaban J connectivity index is 1.86. The Morgan fingerprint density at radius 1 is 1.48 bits per heavy atom. The van der Waals surface area contributed by atoms with E-state index in [9.17, 15) is 9.50 Å². The lowest BCUT2D eigenvalue weighted by Gasteiger charge is -2.21. The Kier molecular flexibility index (Phi) is 4.63. The van der Waals surface area contributed by atoms with Crippen LogP contribution in [-0.4, -0.2) is 41.3 Å². The molecule has 0 bridgehead atoms. The number of aliphatic hydroxyl groups is 1. The molecule has 0 amide bonds. The van der Waals surface area contributed by atoms with Gasteiger partial charge in [-0.05, 0) is 44.5 Å². The summed E-state index contributed by atoms with van der Waals surface area (Å²) in [6, 6.07) is 4.65. The van der Waals surface area contributed by atoms with Crippen LogP contribution in [0.2, 0.25) is 0 Å². The van der Waals surface area contributed by atoms with Gasteiger partial charge in [0.25, 0.3) is 0 Å². The molecule has 3 rings (SSSR count). The molecule has 6 heteroatoms. The Morgan fingerprint density at radius 3 is 3.04 bits per heavy atom. The van der Waals surface area contributed by atoms with Crippen molar-refractivity contribution >= 4 is 0 Å². The third kappa shape index (κ3) is 3.23. The summed E-state index contributed by atoms with van der Waals surface area (Å²) in [5, 5.41) is 9.41. The van der Waals surface area contributed by atoms with E-state index in [1.807, 2.05) is 6.92 Å². The highest BCUT2D eigenvalue weighted by atomic mass is 19.1. The lowest BCUT2D eigenvalue weighted by molar-refractivity contribution is 0.152. The number of rotatable bonds is 5. The van der Waals surface area contributed by atoms with Gasteiger partial charge in [-0.1, -0.05) is 0 Å². The molecule has 1 aromatic carbocycles. The maximum absolute atomic E-state index is 14.1. The van der Waals surface area contributed by atoms with Gasteiger partial charge in [-0.25, -0.2) is 9.37 Å². The first-order chi connectivity index (χ1) is 11.1. The summed E-state index contributed by atoms with van der Waals surface area (Å²) in [4.78, 5) is 6.65. The quantitative estimate of drug-likeness (QED) is 0.918. The van der Waals surface area contributed by atoms with Crippen LogP contribution in [0.3, 0.4) is 0 Å². The molecular weight excluding hydrogens is 299 g/mol. The second-order valence-electron chi connectivity index (χ2n) is 5.82. The number of aryl methyl sites for hydroxylation is 1. The van der Waals surface area contributed by atoms with Crippen LogP contribution in [0.5, 0.6) is 5.75 Å². The number of hydrogen-bond donors (Lipinski definition) is 1. The number of aliphatic hydroxyl groups excluding tert-OH is 1. The molecule has 0 spiro atoms. The maximum atomic E-state index is 14.1. The second-order valence-corrected chi connectivity index (χ2v) is 5.82. The van der Waals surface area contributed by atoms with Crippen molar-refractivity contribution in [3.05, 3.63) is 35.5 Å². The highest BCUT2D eigenvalue weighted by Gasteiger charge is 2.26. The van der Waals surface area contributed by atoms with Crippen LogP contribution in [0.4, 0.5) is 4.39 Å². The van der Waals surface area contributed by atoms with Gasteiger partial charge in [-0.15, -0.1) is 0 Å². The summed E-state index contributed by atoms with van der Waals surface area (Å²) in [5.41, 5.74) is 1.07. The first-order valence-electron chi connectivity index (χ1n) is 7.77. The average molecular weight is 320 g/mol. The SMILES string of the molecule is COc1ccc(F)c(-c2nc(CN3CCC[C@H]3CO)c(C)o2)c1. The van der Waals surface area contributed by atoms with E-state index >= 15 is 0 Å². The fraction of sp³-hybridized carbons (Fsp3) is 0.471. The minimum atomic E-state index is -0.395. The molecule has 1 N–H and O–H groups in total. The fourth-order valence-corrected chi connectivity index (χ4v) is 2.99. The van der Waals surface area contributed by atoms with Crippen molar-refractivity contribution in [3.8, 4) is 17.2 Å². The predicted octanol–water partition coefficient (Wildman–Crippen LogP) is 2.75. The Bertz CT molecular complexity index is 686. The summed E-state index contributed by atoms with van der Waals surface area (Å²) in [6.45, 7) is 3.51. The molecule has 1 atom stereocenters. The number of halogens is 1. The molecule has 1 saturated heterocycles. The van der Waals surface area contributed by atoms with Gasteiger partial charge in [0.1, 0.15) is 17.3 Å². The molecule has 1 aromatic heterocycles. The largest absolute Gasteiger partial charge is 0.497 e. The maximum Gasteiger partial charge on any atom is 0.229 e. The summed E-state index contributed by atoms with van der Waals surface area (Å²) in [6.07, 6.45) is 2.06. The van der Waals surface area contributed by atoms with Gasteiger partial charge in [0, 0.05) is 12.6 Å². The Labute approximate surface area is 134 Å². The van der Waals surface area contributed by atoms with Gasteiger partial charge in [0.15, 0.2) is 0 Å². The zero-order valence-electron chi connectivity index (χ0n) is 13.4. The normalized spacial score (nSPS) is 18.5. The molecule has 0 unspecified atom stereocenters. The minimum Gasteiger partial charge on any atom is -0.497 e. The van der Waals surface area contributed by atoms with Crippen LogP contribution in [0, 0.1) is 12.7 Å². The van der Waals surface area contributed by atoms with Crippen molar-refractivity contribution in [1.82, 2.24) is 9.88 Å². The van der Waals surface area contributed by atoms with Crippen molar-refractivity contribution in [2.24, 2.45) is 0 Å². The van der Waals surface area contributed by atoms with E-state index in [1.54, 1.807) is 12.1 Å². The highest BCUT2D eigenvalue weighted by Crippen LogP contribution is 2.29. The molecular formula is C17H21FN2O3. The van der Waals surface area contributed by atoms with Gasteiger partial charge < -0.3 is 14.3 Å². The minimum absolute atomic E-state index is 0.147. The van der Waals surface area contributed by atoms with Crippen LogP contribution < -0.4 is 4.74 Å². The number of hydrogen-bond acceptors (Lipinski definition) is 5. The lowest BCUT2D eigenvalue weighted by atomic mass is 10.2. The van der Waals surface area contributed by atoms with Crippen molar-refractivity contribution < 1.29 is 18.7 Å². The van der Waals surface area contributed by atoms with Gasteiger partial charge >= 0.3 is 0 Å². The number of methoxy groups -OCH3 is 1. The summed E-state index contributed by atoms with van der Waals surface area (Å²) < 4.78 is 24.9. The molecule has 5 nitrogen and oxygen atoms in total. The first kappa shape index (κ1) is 16.0. The smallest absolute Gasteiger partial charge is 0.229 e. The topological polar surface area (TPSA) is 58.7 Å². The predicted molar refractivity (Wildman–Crippen MR) is 83.7 cm³/mol. The monoisotopic (exact) mass is 320 g/mol. The van der Waals surface area contributed by atoms with Crippen LogP contribution in [-0.2, 0) is 6.54 Å². The summed E-state index contributed by atoms with van der Waals surface area (Å²) in [7, 11) is 1.53. The molecule has 0 radical (unpaired) electrons. The molecule has 1 fully saturated rings. The number of ether oxygens (including phenoxy) is 1. The number of nitrogens with zero attached hydrogens (tertiary/aromatic N) is 2. The van der Waals surface area contributed by atoms with Crippen molar-refractivity contribution in [1.29, 1.82) is 0 Å². The van der Waals surface area contributed by atoms with E-state index in [0.717, 1.165) is 25.1 Å². The second kappa shape index (κ2) is 6.68. The van der Waals surface area contributed by atoms with Gasteiger partial charge in [0.05, 0.1) is 25.0 Å². The molecule has 1 aliphatic heterocycles. The molecule has 0 aliphatic carbocycles. The number of oxazole rings is 1. The van der Waals surface area contributed by atoms with Gasteiger partial charge in [-0.3, -0.25) is 4.90 Å². The first-order valence-corrected chi connectivity index (χ1v) is 7.77. The summed E-state index contributed by atoms with van der Waals surface area (Å²) in [5.74, 6) is 1.09. The molecule has 2 heterocycles. The van der Waals surface area contributed by atoms with E-state index in [4.69, 9.17) is 9.15 Å². The van der Waals surface area contributed by atoms with Crippen LogP contribution in [0.1, 0.15) is 24.3 Å². The van der Waals surface area contributed by atoms with Crippen molar-refractivity contribution in [2.75, 3.05) is 20.3 Å². The van der Waals surface area contributed by atoms with E-state index in [2.05, 4.69) is 9.88 Å². The van der Waals surface area contributed by atoms with E-state index in [0.29, 0.717) is 23.6 Å². The zero-order valence-corrected chi connectivity index (χ0v) is 13.4.